The third kappa shape index (κ3) is 3.66. The minimum Gasteiger partial charge on any atom is -0.369 e. The molecule has 0 aromatic carbocycles. The predicted molar refractivity (Wildman–Crippen MR) is 58.8 cm³/mol. The lowest BCUT2D eigenvalue weighted by molar-refractivity contribution is -0.131. The first-order valence-corrected chi connectivity index (χ1v) is 5.51. The van der Waals surface area contributed by atoms with E-state index in [1.165, 1.54) is 0 Å². The molecule has 0 aliphatic rings. The summed E-state index contributed by atoms with van der Waals surface area (Å²) in [6.45, 7) is 6.45. The van der Waals surface area contributed by atoms with E-state index in [0.717, 1.165) is 12.1 Å². The highest BCUT2D eigenvalue weighted by Crippen LogP contribution is 2.03. The van der Waals surface area contributed by atoms with Crippen LogP contribution in [-0.4, -0.2) is 23.8 Å². The van der Waals surface area contributed by atoms with E-state index >= 15 is 0 Å². The first kappa shape index (κ1) is 12.7. The number of nitrogens with zero attached hydrogens (tertiary/aromatic N) is 1. The number of carbonyl (C=O) groups is 1. The second-order valence-electron chi connectivity index (χ2n) is 3.45. The van der Waals surface area contributed by atoms with Crippen LogP contribution in [0, 0.1) is 0 Å². The Bertz CT molecular complexity index is 336. The minimum atomic E-state index is -0.432. The molecule has 0 bridgehead atoms. The fourth-order valence-corrected chi connectivity index (χ4v) is 1.25. The van der Waals surface area contributed by atoms with Gasteiger partial charge < -0.3 is 14.6 Å². The van der Waals surface area contributed by atoms with Crippen LogP contribution in [0.3, 0.4) is 0 Å². The normalized spacial score (nSPS) is 12.4. The van der Waals surface area contributed by atoms with Crippen molar-refractivity contribution in [2.45, 2.75) is 39.8 Å². The molecule has 1 atom stereocenters. The van der Waals surface area contributed by atoms with Crippen molar-refractivity contribution < 1.29 is 14.1 Å². The van der Waals surface area contributed by atoms with Gasteiger partial charge in [0.2, 0.25) is 5.91 Å². The van der Waals surface area contributed by atoms with Gasteiger partial charge in [0.05, 0.1) is 12.2 Å². The Morgan fingerprint density at radius 2 is 2.38 bits per heavy atom. The van der Waals surface area contributed by atoms with Gasteiger partial charge in [0, 0.05) is 12.7 Å². The molecule has 5 nitrogen and oxygen atoms in total. The molecule has 0 aliphatic carbocycles. The lowest BCUT2D eigenvalue weighted by atomic mass is 10.3. The smallest absolute Gasteiger partial charge is 0.249 e. The number of aromatic nitrogens is 1. The largest absolute Gasteiger partial charge is 0.369 e. The van der Waals surface area contributed by atoms with Crippen molar-refractivity contribution in [1.29, 1.82) is 0 Å². The van der Waals surface area contributed by atoms with Gasteiger partial charge in [-0.3, -0.25) is 4.79 Å². The summed E-state index contributed by atoms with van der Waals surface area (Å²) in [5.74, 6) is 0.519. The molecule has 90 valence electrons. The molecule has 1 unspecified atom stereocenters. The lowest BCUT2D eigenvalue weighted by Gasteiger charge is -2.10. The SMILES string of the molecule is CCOC(C)C(=O)NCc1cc(CC)no1. The Kier molecular flexibility index (Phi) is 4.98. The average molecular weight is 226 g/mol. The molecule has 0 spiro atoms. The summed E-state index contributed by atoms with van der Waals surface area (Å²) >= 11 is 0. The van der Waals surface area contributed by atoms with Crippen LogP contribution in [0.4, 0.5) is 0 Å². The third-order valence-electron chi connectivity index (χ3n) is 2.19. The van der Waals surface area contributed by atoms with Gasteiger partial charge in [0.1, 0.15) is 6.10 Å². The molecule has 1 rings (SSSR count). The molecular formula is C11H18N2O3. The topological polar surface area (TPSA) is 64.4 Å². The molecule has 1 aromatic heterocycles. The van der Waals surface area contributed by atoms with Gasteiger partial charge in [0.15, 0.2) is 5.76 Å². The Morgan fingerprint density at radius 1 is 1.62 bits per heavy atom. The molecule has 1 N–H and O–H groups in total. The van der Waals surface area contributed by atoms with E-state index in [1.54, 1.807) is 6.92 Å². The van der Waals surface area contributed by atoms with Crippen molar-refractivity contribution >= 4 is 5.91 Å². The van der Waals surface area contributed by atoms with Crippen molar-refractivity contribution in [2.24, 2.45) is 0 Å². The Balaban J connectivity index is 2.36. The van der Waals surface area contributed by atoms with Gasteiger partial charge in [-0.25, -0.2) is 0 Å². The van der Waals surface area contributed by atoms with E-state index in [2.05, 4.69) is 10.5 Å². The molecule has 0 aliphatic heterocycles. The van der Waals surface area contributed by atoms with Crippen LogP contribution in [-0.2, 0) is 22.5 Å². The van der Waals surface area contributed by atoms with Gasteiger partial charge in [-0.15, -0.1) is 0 Å². The number of hydrogen-bond donors (Lipinski definition) is 1. The molecule has 0 saturated heterocycles. The summed E-state index contributed by atoms with van der Waals surface area (Å²) in [6.07, 6.45) is 0.394. The number of hydrogen-bond acceptors (Lipinski definition) is 4. The molecule has 0 saturated carbocycles. The van der Waals surface area contributed by atoms with E-state index in [1.807, 2.05) is 19.9 Å². The van der Waals surface area contributed by atoms with Crippen LogP contribution in [0.5, 0.6) is 0 Å². The molecule has 5 heteroatoms. The summed E-state index contributed by atoms with van der Waals surface area (Å²) in [5, 5.41) is 6.56. The Labute approximate surface area is 95.1 Å². The number of rotatable bonds is 6. The number of carbonyl (C=O) groups excluding carboxylic acids is 1. The maximum Gasteiger partial charge on any atom is 0.249 e. The van der Waals surface area contributed by atoms with E-state index in [-0.39, 0.29) is 5.91 Å². The summed E-state index contributed by atoms with van der Waals surface area (Å²) in [5.41, 5.74) is 0.891. The van der Waals surface area contributed by atoms with E-state index in [9.17, 15) is 4.79 Å². The van der Waals surface area contributed by atoms with E-state index in [4.69, 9.17) is 9.26 Å². The van der Waals surface area contributed by atoms with Crippen LogP contribution in [0.25, 0.3) is 0 Å². The monoisotopic (exact) mass is 226 g/mol. The van der Waals surface area contributed by atoms with Crippen LogP contribution >= 0.6 is 0 Å². The van der Waals surface area contributed by atoms with Crippen molar-refractivity contribution in [3.63, 3.8) is 0 Å². The zero-order valence-corrected chi connectivity index (χ0v) is 9.95. The Hall–Kier alpha value is -1.36. The van der Waals surface area contributed by atoms with Gasteiger partial charge in [-0.2, -0.15) is 0 Å². The van der Waals surface area contributed by atoms with Gasteiger partial charge in [-0.05, 0) is 20.3 Å². The van der Waals surface area contributed by atoms with Crippen molar-refractivity contribution in [1.82, 2.24) is 10.5 Å². The molecule has 16 heavy (non-hydrogen) atoms. The first-order chi connectivity index (χ1) is 7.67. The molecule has 1 aromatic rings. The number of ether oxygens (including phenoxy) is 1. The van der Waals surface area contributed by atoms with Gasteiger partial charge in [-0.1, -0.05) is 12.1 Å². The van der Waals surface area contributed by atoms with Gasteiger partial charge >= 0.3 is 0 Å². The predicted octanol–water partition coefficient (Wildman–Crippen LogP) is 1.28. The van der Waals surface area contributed by atoms with Crippen LogP contribution in [0.1, 0.15) is 32.2 Å². The van der Waals surface area contributed by atoms with E-state index in [0.29, 0.717) is 18.9 Å². The van der Waals surface area contributed by atoms with Crippen LogP contribution in [0.15, 0.2) is 10.6 Å². The van der Waals surface area contributed by atoms with Gasteiger partial charge in [0.25, 0.3) is 0 Å². The van der Waals surface area contributed by atoms with Crippen LogP contribution < -0.4 is 5.32 Å². The highest BCUT2D eigenvalue weighted by Gasteiger charge is 2.12. The molecule has 1 amide bonds. The summed E-state index contributed by atoms with van der Waals surface area (Å²) in [7, 11) is 0. The highest BCUT2D eigenvalue weighted by atomic mass is 16.5. The summed E-state index contributed by atoms with van der Waals surface area (Å²) < 4.78 is 10.2. The number of nitrogens with one attached hydrogen (secondary N) is 1. The molecular weight excluding hydrogens is 208 g/mol. The fraction of sp³-hybridized carbons (Fsp3) is 0.636. The Morgan fingerprint density at radius 3 is 2.94 bits per heavy atom. The maximum atomic E-state index is 11.5. The third-order valence-corrected chi connectivity index (χ3v) is 2.19. The maximum absolute atomic E-state index is 11.5. The second-order valence-corrected chi connectivity index (χ2v) is 3.45. The molecule has 0 fully saturated rings. The quantitative estimate of drug-likeness (QED) is 0.793. The summed E-state index contributed by atoms with van der Waals surface area (Å²) in [6, 6.07) is 1.84. The van der Waals surface area contributed by atoms with Crippen LogP contribution in [0.2, 0.25) is 0 Å². The lowest BCUT2D eigenvalue weighted by Crippen LogP contribution is -2.33. The van der Waals surface area contributed by atoms with E-state index < -0.39 is 6.10 Å². The number of aryl methyl sites for hydroxylation is 1. The number of amides is 1. The first-order valence-electron chi connectivity index (χ1n) is 5.51. The average Bonchev–Trinajstić information content (AvgIpc) is 2.74. The summed E-state index contributed by atoms with van der Waals surface area (Å²) in [4.78, 5) is 11.5. The fourth-order valence-electron chi connectivity index (χ4n) is 1.25. The zero-order chi connectivity index (χ0) is 12.0. The highest BCUT2D eigenvalue weighted by molar-refractivity contribution is 5.80. The zero-order valence-electron chi connectivity index (χ0n) is 9.95. The molecule has 1 heterocycles. The minimum absolute atomic E-state index is 0.142. The van der Waals surface area contributed by atoms with Crippen molar-refractivity contribution in [2.75, 3.05) is 6.61 Å². The molecule has 0 radical (unpaired) electrons. The second kappa shape index (κ2) is 6.27. The van der Waals surface area contributed by atoms with Crippen molar-refractivity contribution in [3.8, 4) is 0 Å². The van der Waals surface area contributed by atoms with Crippen molar-refractivity contribution in [3.05, 3.63) is 17.5 Å². The standard InChI is InChI=1S/C11H18N2O3/c1-4-9-6-10(16-13-9)7-12-11(14)8(3)15-5-2/h6,8H,4-5,7H2,1-3H3,(H,12,14).